The second kappa shape index (κ2) is 5.42. The number of nitro groups is 1. The highest BCUT2D eigenvalue weighted by Gasteiger charge is 2.48. The van der Waals surface area contributed by atoms with Crippen LogP contribution in [0.4, 0.5) is 5.69 Å². The number of nitrogens with zero attached hydrogens (tertiary/aromatic N) is 2. The number of fused-ring (bicyclic) bond motifs is 1. The van der Waals surface area contributed by atoms with Crippen molar-refractivity contribution in [1.29, 1.82) is 0 Å². The quantitative estimate of drug-likeness (QED) is 0.376. The van der Waals surface area contributed by atoms with E-state index in [0.29, 0.717) is 13.2 Å². The number of hydrogen-bond acceptors (Lipinski definition) is 4. The van der Waals surface area contributed by atoms with Crippen LogP contribution in [0.15, 0.2) is 24.3 Å². The molecule has 3 rings (SSSR count). The van der Waals surface area contributed by atoms with Crippen molar-refractivity contribution in [2.24, 2.45) is 0 Å². The summed E-state index contributed by atoms with van der Waals surface area (Å²) in [5.74, 6) is 0. The van der Waals surface area contributed by atoms with Gasteiger partial charge in [-0.3, -0.25) is 24.1 Å². The molecule has 1 aromatic carbocycles. The third-order valence-corrected chi connectivity index (χ3v) is 3.66. The van der Waals surface area contributed by atoms with Crippen molar-refractivity contribution in [3.8, 4) is 0 Å². The first-order valence-electron chi connectivity index (χ1n) is 6.02. The summed E-state index contributed by atoms with van der Waals surface area (Å²) in [6.07, 6.45) is -0.190. The molecule has 0 atom stereocenters. The lowest BCUT2D eigenvalue weighted by atomic mass is 10.1. The molecule has 0 unspecified atom stereocenters. The van der Waals surface area contributed by atoms with Gasteiger partial charge < -0.3 is 12.4 Å². The molecular formula is C12H15ClN2O4. The van der Waals surface area contributed by atoms with Gasteiger partial charge in [0.25, 0.3) is 5.69 Å². The minimum absolute atomic E-state index is 0. The van der Waals surface area contributed by atoms with Gasteiger partial charge in [0.1, 0.15) is 32.8 Å². The normalized spacial score (nSPS) is 28.7. The van der Waals surface area contributed by atoms with Crippen LogP contribution in [0.25, 0.3) is 0 Å². The molecule has 2 aliphatic rings. The Hall–Kier alpha value is -1.21. The van der Waals surface area contributed by atoms with E-state index in [2.05, 4.69) is 0 Å². The van der Waals surface area contributed by atoms with Gasteiger partial charge in [0.05, 0.1) is 4.92 Å². The molecule has 1 aromatic rings. The number of hydrogen-bond donors (Lipinski definition) is 0. The summed E-state index contributed by atoms with van der Waals surface area (Å²) in [5, 5.41) is 10.8. The lowest BCUT2D eigenvalue weighted by Crippen LogP contribution is -3.00. The second-order valence-corrected chi connectivity index (χ2v) is 4.80. The third kappa shape index (κ3) is 2.57. The first-order chi connectivity index (χ1) is 8.70. The van der Waals surface area contributed by atoms with Gasteiger partial charge >= 0.3 is 6.41 Å². The van der Waals surface area contributed by atoms with Crippen molar-refractivity contribution < 1.29 is 31.3 Å². The van der Waals surface area contributed by atoms with E-state index in [9.17, 15) is 10.1 Å². The van der Waals surface area contributed by atoms with Crippen LogP contribution < -0.4 is 12.4 Å². The van der Waals surface area contributed by atoms with E-state index in [1.54, 1.807) is 12.1 Å². The van der Waals surface area contributed by atoms with Crippen LogP contribution in [0.1, 0.15) is 5.56 Å². The Bertz CT molecular complexity index is 473. The van der Waals surface area contributed by atoms with Gasteiger partial charge in [0.15, 0.2) is 0 Å². The molecule has 6 nitrogen and oxygen atoms in total. The van der Waals surface area contributed by atoms with E-state index in [-0.39, 0.29) is 29.4 Å². The van der Waals surface area contributed by atoms with E-state index < -0.39 is 0 Å². The van der Waals surface area contributed by atoms with E-state index >= 15 is 0 Å². The van der Waals surface area contributed by atoms with Crippen LogP contribution in [0.2, 0.25) is 0 Å². The maximum atomic E-state index is 10.8. The standard InChI is InChI=1S/C12H15N2O4.ClH/c15-13(16)11-3-1-2-10(8-11)9-14-4-6-17-12(14)18-7-5-14;/h1-3,8,12H,4-7,9H2;1H/q+1;/p-1. The minimum atomic E-state index is -0.359. The fraction of sp³-hybridized carbons (Fsp3) is 0.500. The highest BCUT2D eigenvalue weighted by Crippen LogP contribution is 2.31. The van der Waals surface area contributed by atoms with Crippen LogP contribution in [-0.4, -0.2) is 42.1 Å². The summed E-state index contributed by atoms with van der Waals surface area (Å²) in [6.45, 7) is 3.94. The molecule has 0 aliphatic carbocycles. The van der Waals surface area contributed by atoms with Gasteiger partial charge in [0, 0.05) is 17.7 Å². The zero-order valence-electron chi connectivity index (χ0n) is 10.3. The number of benzene rings is 1. The van der Waals surface area contributed by atoms with Gasteiger partial charge in [-0.1, -0.05) is 12.1 Å². The van der Waals surface area contributed by atoms with Crippen LogP contribution in [0, 0.1) is 10.1 Å². The van der Waals surface area contributed by atoms with Crippen molar-refractivity contribution >= 4 is 5.69 Å². The zero-order valence-corrected chi connectivity index (χ0v) is 11.1. The van der Waals surface area contributed by atoms with Crippen molar-refractivity contribution in [2.45, 2.75) is 13.0 Å². The van der Waals surface area contributed by atoms with Crippen molar-refractivity contribution in [3.63, 3.8) is 0 Å². The SMILES string of the molecule is O=[N+]([O-])c1cccc(C[N+]23CCOC2OCC3)c1.[Cl-]. The fourth-order valence-corrected chi connectivity index (χ4v) is 2.72. The third-order valence-electron chi connectivity index (χ3n) is 3.66. The fourth-order valence-electron chi connectivity index (χ4n) is 2.72. The topological polar surface area (TPSA) is 61.6 Å². The lowest BCUT2D eigenvalue weighted by molar-refractivity contribution is -0.962. The van der Waals surface area contributed by atoms with E-state index in [4.69, 9.17) is 9.47 Å². The highest BCUT2D eigenvalue weighted by atomic mass is 35.5. The first kappa shape index (κ1) is 14.2. The maximum Gasteiger partial charge on any atom is 0.309 e. The van der Waals surface area contributed by atoms with E-state index in [1.807, 2.05) is 6.07 Å². The summed E-state index contributed by atoms with van der Waals surface area (Å²) in [7, 11) is 0. The number of nitro benzene ring substituents is 1. The molecule has 0 bridgehead atoms. The molecule has 0 aromatic heterocycles. The molecule has 7 heteroatoms. The predicted octanol–water partition coefficient (Wildman–Crippen LogP) is -1.74. The minimum Gasteiger partial charge on any atom is -1.00 e. The second-order valence-electron chi connectivity index (χ2n) is 4.80. The van der Waals surface area contributed by atoms with E-state index in [1.165, 1.54) is 6.07 Å². The van der Waals surface area contributed by atoms with Gasteiger partial charge in [-0.25, -0.2) is 0 Å². The molecule has 0 spiro atoms. The molecule has 0 amide bonds. The summed E-state index contributed by atoms with van der Waals surface area (Å²) in [6, 6.07) is 6.81. The average Bonchev–Trinajstić information content (AvgIpc) is 2.88. The Morgan fingerprint density at radius 3 is 2.63 bits per heavy atom. The highest BCUT2D eigenvalue weighted by molar-refractivity contribution is 5.33. The Morgan fingerprint density at radius 2 is 2.00 bits per heavy atom. The van der Waals surface area contributed by atoms with Crippen LogP contribution in [0.3, 0.4) is 0 Å². The molecule has 0 N–H and O–H groups in total. The molecular weight excluding hydrogens is 272 g/mol. The van der Waals surface area contributed by atoms with Crippen LogP contribution in [0.5, 0.6) is 0 Å². The number of rotatable bonds is 3. The number of halogens is 1. The molecule has 2 aliphatic heterocycles. The van der Waals surface area contributed by atoms with Gasteiger partial charge in [-0.05, 0) is 0 Å². The zero-order chi connectivity index (χ0) is 12.6. The molecule has 2 heterocycles. The van der Waals surface area contributed by atoms with Crippen molar-refractivity contribution in [3.05, 3.63) is 39.9 Å². The number of non-ortho nitro benzene ring substituents is 1. The summed E-state index contributed by atoms with van der Waals surface area (Å²) in [5.41, 5.74) is 1.10. The molecule has 0 radical (unpaired) electrons. The van der Waals surface area contributed by atoms with Crippen molar-refractivity contribution in [2.75, 3.05) is 26.3 Å². The Morgan fingerprint density at radius 1 is 1.32 bits per heavy atom. The molecule has 19 heavy (non-hydrogen) atoms. The molecule has 104 valence electrons. The summed E-state index contributed by atoms with van der Waals surface area (Å²) < 4.78 is 11.8. The van der Waals surface area contributed by atoms with Gasteiger partial charge in [0.2, 0.25) is 0 Å². The Labute approximate surface area is 117 Å². The molecule has 0 saturated carbocycles. The Balaban J connectivity index is 0.00000133. The largest absolute Gasteiger partial charge is 1.00 e. The predicted molar refractivity (Wildman–Crippen MR) is 62.5 cm³/mol. The first-order valence-corrected chi connectivity index (χ1v) is 6.02. The maximum absolute atomic E-state index is 10.8. The van der Waals surface area contributed by atoms with E-state index in [0.717, 1.165) is 29.7 Å². The van der Waals surface area contributed by atoms with Crippen LogP contribution >= 0.6 is 0 Å². The Kier molecular flexibility index (Phi) is 4.05. The summed E-state index contributed by atoms with van der Waals surface area (Å²) in [4.78, 5) is 10.4. The smallest absolute Gasteiger partial charge is 0.309 e. The van der Waals surface area contributed by atoms with Crippen LogP contribution in [-0.2, 0) is 16.0 Å². The van der Waals surface area contributed by atoms with Crippen molar-refractivity contribution in [1.82, 2.24) is 0 Å². The van der Waals surface area contributed by atoms with Gasteiger partial charge in [-0.2, -0.15) is 0 Å². The summed E-state index contributed by atoms with van der Waals surface area (Å²) >= 11 is 0. The number of quaternary nitrogens is 1. The molecule has 2 saturated heterocycles. The molecule has 2 fully saturated rings. The average molecular weight is 287 g/mol. The lowest BCUT2D eigenvalue weighted by Gasteiger charge is -2.30. The van der Waals surface area contributed by atoms with Gasteiger partial charge in [-0.15, -0.1) is 0 Å². The monoisotopic (exact) mass is 286 g/mol. The number of ether oxygens (including phenoxy) is 2.